The van der Waals surface area contributed by atoms with Gasteiger partial charge in [0, 0.05) is 31.1 Å². The molecule has 0 fully saturated rings. The summed E-state index contributed by atoms with van der Waals surface area (Å²) in [6, 6.07) is 4.51. The molecule has 2 rings (SSSR count). The van der Waals surface area contributed by atoms with Gasteiger partial charge in [-0.25, -0.2) is 9.59 Å². The Bertz CT molecular complexity index is 789. The molecule has 0 aliphatic rings. The highest BCUT2D eigenvalue weighted by molar-refractivity contribution is 5.87. The van der Waals surface area contributed by atoms with E-state index < -0.39 is 23.7 Å². The summed E-state index contributed by atoms with van der Waals surface area (Å²) in [6.07, 6.45) is 1.26. The lowest BCUT2D eigenvalue weighted by Crippen LogP contribution is -2.44. The van der Waals surface area contributed by atoms with Crippen molar-refractivity contribution in [2.24, 2.45) is 7.05 Å². The van der Waals surface area contributed by atoms with Crippen molar-refractivity contribution in [1.82, 2.24) is 9.88 Å². The van der Waals surface area contributed by atoms with Crippen LogP contribution in [0, 0.1) is 0 Å². The second-order valence-corrected chi connectivity index (χ2v) is 6.89. The second kappa shape index (κ2) is 7.04. The summed E-state index contributed by atoms with van der Waals surface area (Å²) in [5, 5.41) is 12.8. The molecule has 0 aliphatic carbocycles. The largest absolute Gasteiger partial charge is 0.497 e. The molecular formula is C18H24N2O5. The Morgan fingerprint density at radius 1 is 1.32 bits per heavy atom. The first kappa shape index (κ1) is 18.6. The quantitative estimate of drug-likeness (QED) is 0.867. The number of carboxylic acids is 1. The topological polar surface area (TPSA) is 89.8 Å². The number of aromatic nitrogens is 1. The maximum absolute atomic E-state index is 11.9. The van der Waals surface area contributed by atoms with Crippen molar-refractivity contribution < 1.29 is 24.2 Å². The average Bonchev–Trinajstić information content (AvgIpc) is 2.80. The molecule has 25 heavy (non-hydrogen) atoms. The molecule has 0 radical (unpaired) electrons. The molecule has 2 N–H and O–H groups in total. The predicted molar refractivity (Wildman–Crippen MR) is 94.0 cm³/mol. The summed E-state index contributed by atoms with van der Waals surface area (Å²) in [4.78, 5) is 23.4. The van der Waals surface area contributed by atoms with Gasteiger partial charge in [0.15, 0.2) is 0 Å². The van der Waals surface area contributed by atoms with Crippen LogP contribution in [0.4, 0.5) is 4.79 Å². The summed E-state index contributed by atoms with van der Waals surface area (Å²) in [6.45, 7) is 5.17. The standard InChI is InChI=1S/C18H24N2O5/c1-18(2,3)25-17(23)19-14(16(21)22)8-11-10-20(4)15-9-12(24-5)6-7-13(11)15/h6-7,9-10,14H,8H2,1-5H3,(H,19,23)(H,21,22). The monoisotopic (exact) mass is 348 g/mol. The van der Waals surface area contributed by atoms with E-state index >= 15 is 0 Å². The third-order valence-electron chi connectivity index (χ3n) is 3.69. The first-order chi connectivity index (χ1) is 11.6. The first-order valence-electron chi connectivity index (χ1n) is 7.95. The number of carboxylic acid groups (broad SMARTS) is 1. The van der Waals surface area contributed by atoms with E-state index in [1.165, 1.54) is 0 Å². The van der Waals surface area contributed by atoms with Gasteiger partial charge in [-0.15, -0.1) is 0 Å². The number of fused-ring (bicyclic) bond motifs is 1. The lowest BCUT2D eigenvalue weighted by molar-refractivity contribution is -0.139. The average molecular weight is 348 g/mol. The van der Waals surface area contributed by atoms with E-state index in [-0.39, 0.29) is 6.42 Å². The molecule has 0 saturated carbocycles. The van der Waals surface area contributed by atoms with E-state index in [9.17, 15) is 14.7 Å². The molecule has 0 spiro atoms. The van der Waals surface area contributed by atoms with Crippen molar-refractivity contribution in [2.45, 2.75) is 38.8 Å². The number of amides is 1. The van der Waals surface area contributed by atoms with Crippen LogP contribution in [0.5, 0.6) is 5.75 Å². The van der Waals surface area contributed by atoms with Gasteiger partial charge in [-0.05, 0) is 38.5 Å². The van der Waals surface area contributed by atoms with Gasteiger partial charge in [-0.3, -0.25) is 0 Å². The van der Waals surface area contributed by atoms with Crippen LogP contribution in [0.3, 0.4) is 0 Å². The van der Waals surface area contributed by atoms with Crippen molar-refractivity contribution in [3.8, 4) is 5.75 Å². The molecule has 0 bridgehead atoms. The van der Waals surface area contributed by atoms with Gasteiger partial charge in [0.05, 0.1) is 12.6 Å². The predicted octanol–water partition coefficient (Wildman–Crippen LogP) is 2.71. The molecular weight excluding hydrogens is 324 g/mol. The van der Waals surface area contributed by atoms with Crippen LogP contribution in [0.1, 0.15) is 26.3 Å². The van der Waals surface area contributed by atoms with Gasteiger partial charge < -0.3 is 24.5 Å². The summed E-state index contributed by atoms with van der Waals surface area (Å²) in [5.41, 5.74) is 1.06. The Morgan fingerprint density at radius 3 is 2.56 bits per heavy atom. The molecule has 1 unspecified atom stereocenters. The second-order valence-electron chi connectivity index (χ2n) is 6.89. The minimum absolute atomic E-state index is 0.151. The van der Waals surface area contributed by atoms with E-state index in [4.69, 9.17) is 9.47 Å². The number of hydrogen-bond donors (Lipinski definition) is 2. The molecule has 0 aliphatic heterocycles. The fraction of sp³-hybridized carbons (Fsp3) is 0.444. The molecule has 1 aromatic carbocycles. The number of aliphatic carboxylic acids is 1. The van der Waals surface area contributed by atoms with E-state index in [1.54, 1.807) is 27.9 Å². The molecule has 1 amide bonds. The van der Waals surface area contributed by atoms with Crippen LogP contribution >= 0.6 is 0 Å². The van der Waals surface area contributed by atoms with Crippen LogP contribution in [0.2, 0.25) is 0 Å². The van der Waals surface area contributed by atoms with E-state index in [2.05, 4.69) is 5.32 Å². The zero-order valence-electron chi connectivity index (χ0n) is 15.1. The van der Waals surface area contributed by atoms with Crippen LogP contribution in [-0.4, -0.2) is 40.5 Å². The molecule has 7 nitrogen and oxygen atoms in total. The number of nitrogens with zero attached hydrogens (tertiary/aromatic N) is 1. The maximum atomic E-state index is 11.9. The van der Waals surface area contributed by atoms with Crippen molar-refractivity contribution in [3.63, 3.8) is 0 Å². The molecule has 7 heteroatoms. The molecule has 136 valence electrons. The number of methoxy groups -OCH3 is 1. The fourth-order valence-corrected chi connectivity index (χ4v) is 2.61. The van der Waals surface area contributed by atoms with Gasteiger partial charge in [0.1, 0.15) is 17.4 Å². The summed E-state index contributed by atoms with van der Waals surface area (Å²) < 4.78 is 12.3. The third kappa shape index (κ3) is 4.65. The van der Waals surface area contributed by atoms with Gasteiger partial charge in [0.25, 0.3) is 0 Å². The van der Waals surface area contributed by atoms with Crippen LogP contribution < -0.4 is 10.1 Å². The summed E-state index contributed by atoms with van der Waals surface area (Å²) >= 11 is 0. The molecule has 1 aromatic heterocycles. The van der Waals surface area contributed by atoms with Gasteiger partial charge in [0.2, 0.25) is 0 Å². The Hall–Kier alpha value is -2.70. The number of nitrogens with one attached hydrogen (secondary N) is 1. The number of aryl methyl sites for hydroxylation is 1. The number of carbonyl (C=O) groups is 2. The van der Waals surface area contributed by atoms with Crippen molar-refractivity contribution in [1.29, 1.82) is 0 Å². The Morgan fingerprint density at radius 2 is 2.00 bits per heavy atom. The minimum atomic E-state index is -1.11. The van der Waals surface area contributed by atoms with Gasteiger partial charge in [-0.2, -0.15) is 0 Å². The van der Waals surface area contributed by atoms with Crippen LogP contribution in [0.25, 0.3) is 10.9 Å². The van der Waals surface area contributed by atoms with E-state index in [1.807, 2.05) is 36.0 Å². The molecule has 0 saturated heterocycles. The van der Waals surface area contributed by atoms with Crippen LogP contribution in [-0.2, 0) is 23.0 Å². The zero-order chi connectivity index (χ0) is 18.8. The van der Waals surface area contributed by atoms with E-state index in [0.717, 1.165) is 22.2 Å². The maximum Gasteiger partial charge on any atom is 0.408 e. The van der Waals surface area contributed by atoms with Crippen LogP contribution in [0.15, 0.2) is 24.4 Å². The lowest BCUT2D eigenvalue weighted by atomic mass is 10.1. The molecule has 1 heterocycles. The SMILES string of the molecule is COc1ccc2c(CC(NC(=O)OC(C)(C)C)C(=O)O)cn(C)c2c1. The number of ether oxygens (including phenoxy) is 2. The Labute approximate surface area is 146 Å². The number of alkyl carbamates (subject to hydrolysis) is 1. The normalized spacial score (nSPS) is 12.7. The van der Waals surface area contributed by atoms with E-state index in [0.29, 0.717) is 0 Å². The smallest absolute Gasteiger partial charge is 0.408 e. The Balaban J connectivity index is 2.24. The number of hydrogen-bond acceptors (Lipinski definition) is 4. The molecule has 1 atom stereocenters. The van der Waals surface area contributed by atoms with Crippen molar-refractivity contribution in [3.05, 3.63) is 30.0 Å². The lowest BCUT2D eigenvalue weighted by Gasteiger charge is -2.22. The third-order valence-corrected chi connectivity index (χ3v) is 3.69. The first-order valence-corrected chi connectivity index (χ1v) is 7.95. The number of benzene rings is 1. The summed E-state index contributed by atoms with van der Waals surface area (Å²) in [7, 11) is 3.47. The zero-order valence-corrected chi connectivity index (χ0v) is 15.1. The van der Waals surface area contributed by atoms with Gasteiger partial charge >= 0.3 is 12.1 Å². The van der Waals surface area contributed by atoms with Crippen molar-refractivity contribution >= 4 is 23.0 Å². The molecule has 2 aromatic rings. The van der Waals surface area contributed by atoms with Crippen molar-refractivity contribution in [2.75, 3.05) is 7.11 Å². The van der Waals surface area contributed by atoms with Gasteiger partial charge in [-0.1, -0.05) is 0 Å². The highest BCUT2D eigenvalue weighted by Gasteiger charge is 2.25. The fourth-order valence-electron chi connectivity index (χ4n) is 2.61. The summed E-state index contributed by atoms with van der Waals surface area (Å²) in [5.74, 6) is -0.390. The highest BCUT2D eigenvalue weighted by Crippen LogP contribution is 2.26. The highest BCUT2D eigenvalue weighted by atomic mass is 16.6. The minimum Gasteiger partial charge on any atom is -0.497 e. The number of rotatable bonds is 5. The Kier molecular flexibility index (Phi) is 5.25. The number of carbonyl (C=O) groups excluding carboxylic acids is 1.